The van der Waals surface area contributed by atoms with E-state index in [1.165, 1.54) is 12.1 Å². The lowest BCUT2D eigenvalue weighted by atomic mass is 10.1. The van der Waals surface area contributed by atoms with E-state index < -0.39 is 11.7 Å². The highest BCUT2D eigenvalue weighted by atomic mass is 19.4. The van der Waals surface area contributed by atoms with Crippen molar-refractivity contribution >= 4 is 17.7 Å². The summed E-state index contributed by atoms with van der Waals surface area (Å²) in [6, 6.07) is 6.68. The molecule has 0 atom stereocenters. The number of benzene rings is 1. The molecule has 30 heavy (non-hydrogen) atoms. The number of anilines is 2. The fraction of sp³-hybridized carbons (Fsp3) is 0.476. The molecule has 0 aliphatic carbocycles. The molecule has 0 saturated carbocycles. The molecule has 2 aliphatic heterocycles. The Morgan fingerprint density at radius 1 is 0.900 bits per heavy atom. The Kier molecular flexibility index (Phi) is 5.78. The zero-order chi connectivity index (χ0) is 21.1. The Hall–Kier alpha value is -2.84. The van der Waals surface area contributed by atoms with Crippen molar-refractivity contribution in [2.45, 2.75) is 25.4 Å². The van der Waals surface area contributed by atoms with Gasteiger partial charge in [-0.1, -0.05) is 12.1 Å². The van der Waals surface area contributed by atoms with Crippen LogP contribution in [-0.4, -0.2) is 60.0 Å². The third-order valence-electron chi connectivity index (χ3n) is 5.61. The molecule has 6 nitrogen and oxygen atoms in total. The standard InChI is InChI=1S/C21H24F3N5O/c22-21(23,24)17-5-3-16(4-6-17)15-19(30)28-13-11-27(12-14-28)18-7-8-25-20(26-18)29-9-1-2-10-29/h3-8H,1-2,9-15H2. The van der Waals surface area contributed by atoms with Crippen molar-refractivity contribution in [2.24, 2.45) is 0 Å². The molecule has 2 fully saturated rings. The van der Waals surface area contributed by atoms with Crippen molar-refractivity contribution in [3.63, 3.8) is 0 Å². The average molecular weight is 419 g/mol. The first-order valence-electron chi connectivity index (χ1n) is 10.2. The Morgan fingerprint density at radius 3 is 2.20 bits per heavy atom. The summed E-state index contributed by atoms with van der Waals surface area (Å²) in [7, 11) is 0. The van der Waals surface area contributed by atoms with E-state index in [-0.39, 0.29) is 12.3 Å². The molecule has 0 unspecified atom stereocenters. The van der Waals surface area contributed by atoms with E-state index >= 15 is 0 Å². The average Bonchev–Trinajstić information content (AvgIpc) is 3.29. The van der Waals surface area contributed by atoms with Gasteiger partial charge in [0.2, 0.25) is 11.9 Å². The van der Waals surface area contributed by atoms with Crippen LogP contribution in [0, 0.1) is 0 Å². The van der Waals surface area contributed by atoms with Crippen molar-refractivity contribution in [3.8, 4) is 0 Å². The van der Waals surface area contributed by atoms with Crippen LogP contribution in [0.2, 0.25) is 0 Å². The smallest absolute Gasteiger partial charge is 0.353 e. The van der Waals surface area contributed by atoms with Gasteiger partial charge in [0.15, 0.2) is 0 Å². The van der Waals surface area contributed by atoms with E-state index in [1.54, 1.807) is 11.1 Å². The van der Waals surface area contributed by atoms with Crippen LogP contribution >= 0.6 is 0 Å². The normalized spacial score (nSPS) is 17.5. The lowest BCUT2D eigenvalue weighted by molar-refractivity contribution is -0.137. The van der Waals surface area contributed by atoms with E-state index in [1.807, 2.05) is 6.07 Å². The topological polar surface area (TPSA) is 52.6 Å². The fourth-order valence-electron chi connectivity index (χ4n) is 3.87. The second-order valence-electron chi connectivity index (χ2n) is 7.65. The predicted octanol–water partition coefficient (Wildman–Crippen LogP) is 2.99. The van der Waals surface area contributed by atoms with Crippen molar-refractivity contribution in [1.82, 2.24) is 14.9 Å². The maximum Gasteiger partial charge on any atom is 0.416 e. The molecule has 2 saturated heterocycles. The highest BCUT2D eigenvalue weighted by Gasteiger charge is 2.30. The monoisotopic (exact) mass is 419 g/mol. The van der Waals surface area contributed by atoms with E-state index in [4.69, 9.17) is 0 Å². The zero-order valence-corrected chi connectivity index (χ0v) is 16.6. The third-order valence-corrected chi connectivity index (χ3v) is 5.61. The number of alkyl halides is 3. The van der Waals surface area contributed by atoms with Gasteiger partial charge in [0, 0.05) is 45.5 Å². The van der Waals surface area contributed by atoms with Crippen molar-refractivity contribution in [3.05, 3.63) is 47.7 Å². The second kappa shape index (κ2) is 8.49. The number of rotatable bonds is 4. The number of carbonyl (C=O) groups is 1. The summed E-state index contributed by atoms with van der Waals surface area (Å²) >= 11 is 0. The highest BCUT2D eigenvalue weighted by molar-refractivity contribution is 5.79. The van der Waals surface area contributed by atoms with Crippen molar-refractivity contribution in [2.75, 3.05) is 49.1 Å². The van der Waals surface area contributed by atoms with Gasteiger partial charge in [-0.25, -0.2) is 4.98 Å². The van der Waals surface area contributed by atoms with Gasteiger partial charge in [0.05, 0.1) is 12.0 Å². The summed E-state index contributed by atoms with van der Waals surface area (Å²) in [5.74, 6) is 1.54. The Balaban J connectivity index is 1.32. The number of halogens is 3. The van der Waals surface area contributed by atoms with Gasteiger partial charge in [-0.05, 0) is 36.6 Å². The van der Waals surface area contributed by atoms with Crippen molar-refractivity contribution < 1.29 is 18.0 Å². The van der Waals surface area contributed by atoms with Crippen LogP contribution < -0.4 is 9.80 Å². The Morgan fingerprint density at radius 2 is 1.57 bits per heavy atom. The van der Waals surface area contributed by atoms with Gasteiger partial charge in [-0.2, -0.15) is 18.2 Å². The lowest BCUT2D eigenvalue weighted by Gasteiger charge is -2.35. The summed E-state index contributed by atoms with van der Waals surface area (Å²) in [6.45, 7) is 4.40. The number of hydrogen-bond acceptors (Lipinski definition) is 5. The van der Waals surface area contributed by atoms with Crippen LogP contribution in [0.3, 0.4) is 0 Å². The van der Waals surface area contributed by atoms with Gasteiger partial charge in [0.1, 0.15) is 5.82 Å². The first kappa shape index (κ1) is 20.4. The molecular weight excluding hydrogens is 395 g/mol. The maximum absolute atomic E-state index is 12.7. The third kappa shape index (κ3) is 4.66. The Bertz CT molecular complexity index is 873. The molecule has 0 N–H and O–H groups in total. The molecule has 9 heteroatoms. The minimum absolute atomic E-state index is 0.0742. The number of aromatic nitrogens is 2. The molecule has 1 aromatic carbocycles. The molecule has 2 aliphatic rings. The molecular formula is C21H24F3N5O. The van der Waals surface area contributed by atoms with Crippen LogP contribution in [-0.2, 0) is 17.4 Å². The minimum Gasteiger partial charge on any atom is -0.353 e. The lowest BCUT2D eigenvalue weighted by Crippen LogP contribution is -2.49. The first-order valence-corrected chi connectivity index (χ1v) is 10.2. The maximum atomic E-state index is 12.7. The van der Waals surface area contributed by atoms with Crippen LogP contribution in [0.1, 0.15) is 24.0 Å². The van der Waals surface area contributed by atoms with Crippen LogP contribution in [0.5, 0.6) is 0 Å². The number of amides is 1. The molecule has 3 heterocycles. The van der Waals surface area contributed by atoms with Gasteiger partial charge in [-0.3, -0.25) is 4.79 Å². The number of piperazine rings is 1. The van der Waals surface area contributed by atoms with Gasteiger partial charge in [0.25, 0.3) is 0 Å². The summed E-state index contributed by atoms with van der Waals surface area (Å²) in [5.41, 5.74) is -0.119. The number of hydrogen-bond donors (Lipinski definition) is 0. The zero-order valence-electron chi connectivity index (χ0n) is 16.6. The minimum atomic E-state index is -4.37. The molecule has 1 amide bonds. The van der Waals surface area contributed by atoms with E-state index in [2.05, 4.69) is 19.8 Å². The molecule has 160 valence electrons. The largest absolute Gasteiger partial charge is 0.416 e. The number of nitrogens with zero attached hydrogens (tertiary/aromatic N) is 5. The summed E-state index contributed by atoms with van der Waals surface area (Å²) in [6.07, 6.45) is -0.169. The van der Waals surface area contributed by atoms with E-state index in [9.17, 15) is 18.0 Å². The van der Waals surface area contributed by atoms with Crippen LogP contribution in [0.25, 0.3) is 0 Å². The molecule has 4 rings (SSSR count). The van der Waals surface area contributed by atoms with E-state index in [0.717, 1.165) is 49.8 Å². The van der Waals surface area contributed by atoms with Gasteiger partial charge in [-0.15, -0.1) is 0 Å². The molecule has 0 bridgehead atoms. The highest BCUT2D eigenvalue weighted by Crippen LogP contribution is 2.29. The number of carbonyl (C=O) groups excluding carboxylic acids is 1. The van der Waals surface area contributed by atoms with Crippen LogP contribution in [0.15, 0.2) is 36.5 Å². The summed E-state index contributed by atoms with van der Waals surface area (Å²) < 4.78 is 38.0. The van der Waals surface area contributed by atoms with Crippen LogP contribution in [0.4, 0.5) is 24.9 Å². The van der Waals surface area contributed by atoms with Gasteiger partial charge < -0.3 is 14.7 Å². The molecule has 1 aromatic heterocycles. The first-order chi connectivity index (χ1) is 14.4. The van der Waals surface area contributed by atoms with E-state index in [0.29, 0.717) is 31.7 Å². The quantitative estimate of drug-likeness (QED) is 0.763. The molecule has 0 radical (unpaired) electrons. The molecule has 0 spiro atoms. The Labute approximate surface area is 173 Å². The van der Waals surface area contributed by atoms with Gasteiger partial charge >= 0.3 is 6.18 Å². The SMILES string of the molecule is O=C(Cc1ccc(C(F)(F)F)cc1)N1CCN(c2ccnc(N3CCCC3)n2)CC1. The fourth-order valence-corrected chi connectivity index (χ4v) is 3.87. The summed E-state index contributed by atoms with van der Waals surface area (Å²) in [4.78, 5) is 27.7. The van der Waals surface area contributed by atoms with Crippen molar-refractivity contribution in [1.29, 1.82) is 0 Å². The second-order valence-corrected chi connectivity index (χ2v) is 7.65. The molecule has 2 aromatic rings. The predicted molar refractivity (Wildman–Crippen MR) is 107 cm³/mol. The summed E-state index contributed by atoms with van der Waals surface area (Å²) in [5, 5.41) is 0.